The molecule has 1 amide bonds. The number of fused-ring (bicyclic) bond motifs is 2. The highest BCUT2D eigenvalue weighted by Gasteiger charge is 2.23. The Kier molecular flexibility index (Phi) is 4.35. The van der Waals surface area contributed by atoms with Crippen molar-refractivity contribution >= 4 is 5.91 Å². The van der Waals surface area contributed by atoms with Crippen LogP contribution in [0.5, 0.6) is 11.5 Å². The van der Waals surface area contributed by atoms with Gasteiger partial charge in [0.25, 0.3) is 5.91 Å². The lowest BCUT2D eigenvalue weighted by Gasteiger charge is -2.26. The van der Waals surface area contributed by atoms with Crippen molar-refractivity contribution in [2.45, 2.75) is 38.6 Å². The molecule has 0 unspecified atom stereocenters. The van der Waals surface area contributed by atoms with Crippen LogP contribution in [0.15, 0.2) is 36.4 Å². The molecule has 0 saturated heterocycles. The van der Waals surface area contributed by atoms with Crippen LogP contribution in [0.4, 0.5) is 0 Å². The third-order valence-electron chi connectivity index (χ3n) is 5.01. The van der Waals surface area contributed by atoms with E-state index >= 15 is 0 Å². The van der Waals surface area contributed by atoms with Crippen molar-refractivity contribution in [1.82, 2.24) is 5.32 Å². The van der Waals surface area contributed by atoms with E-state index in [0.29, 0.717) is 24.5 Å². The number of aryl methyl sites for hydroxylation is 2. The van der Waals surface area contributed by atoms with Crippen LogP contribution >= 0.6 is 0 Å². The zero-order valence-electron chi connectivity index (χ0n) is 14.5. The Morgan fingerprint density at radius 3 is 2.68 bits per heavy atom. The third kappa shape index (κ3) is 3.21. The summed E-state index contributed by atoms with van der Waals surface area (Å²) in [4.78, 5) is 12.9. The maximum atomic E-state index is 12.9. The van der Waals surface area contributed by atoms with Gasteiger partial charge in [0.15, 0.2) is 11.5 Å². The Balaban J connectivity index is 1.59. The number of amides is 1. The van der Waals surface area contributed by atoms with Crippen LogP contribution in [0.25, 0.3) is 0 Å². The fourth-order valence-corrected chi connectivity index (χ4v) is 3.69. The summed E-state index contributed by atoms with van der Waals surface area (Å²) in [5.74, 6) is 1.35. The number of benzene rings is 2. The van der Waals surface area contributed by atoms with Crippen LogP contribution in [0.1, 0.15) is 52.4 Å². The monoisotopic (exact) mass is 337 g/mol. The van der Waals surface area contributed by atoms with E-state index in [1.807, 2.05) is 25.1 Å². The minimum atomic E-state index is -0.0464. The van der Waals surface area contributed by atoms with E-state index in [1.54, 1.807) is 0 Å². The highest BCUT2D eigenvalue weighted by molar-refractivity contribution is 5.96. The fourth-order valence-electron chi connectivity index (χ4n) is 3.69. The number of carbonyl (C=O) groups excluding carboxylic acids is 1. The summed E-state index contributed by atoms with van der Waals surface area (Å²) < 4.78 is 11.4. The molecule has 0 bridgehead atoms. The lowest BCUT2D eigenvalue weighted by molar-refractivity contribution is 0.0931. The summed E-state index contributed by atoms with van der Waals surface area (Å²) in [6, 6.07) is 12.2. The molecule has 0 aromatic heterocycles. The maximum Gasteiger partial charge on any atom is 0.252 e. The second-order valence-electron chi connectivity index (χ2n) is 6.78. The van der Waals surface area contributed by atoms with E-state index < -0.39 is 0 Å². The normalized spacial score (nSPS) is 18.8. The molecule has 1 N–H and O–H groups in total. The van der Waals surface area contributed by atoms with Gasteiger partial charge in [-0.05, 0) is 55.0 Å². The fraction of sp³-hybridized carbons (Fsp3) is 0.381. The summed E-state index contributed by atoms with van der Waals surface area (Å²) >= 11 is 0. The van der Waals surface area contributed by atoms with Gasteiger partial charge in [0, 0.05) is 12.0 Å². The lowest BCUT2D eigenvalue weighted by Crippen LogP contribution is -2.31. The molecule has 2 aromatic rings. The lowest BCUT2D eigenvalue weighted by atomic mass is 9.87. The van der Waals surface area contributed by atoms with Crippen molar-refractivity contribution in [3.8, 4) is 11.5 Å². The molecule has 4 nitrogen and oxygen atoms in total. The maximum absolute atomic E-state index is 12.9. The second-order valence-corrected chi connectivity index (χ2v) is 6.78. The summed E-state index contributed by atoms with van der Waals surface area (Å²) in [5.41, 5.74) is 4.15. The van der Waals surface area contributed by atoms with Gasteiger partial charge in [0.05, 0.1) is 19.3 Å². The minimum Gasteiger partial charge on any atom is -0.490 e. The molecule has 2 aromatic carbocycles. The molecule has 1 aliphatic carbocycles. The average Bonchev–Trinajstić information content (AvgIpc) is 2.86. The molecular formula is C21H23NO3. The van der Waals surface area contributed by atoms with Crippen molar-refractivity contribution in [2.75, 3.05) is 13.2 Å². The van der Waals surface area contributed by atoms with Crippen molar-refractivity contribution in [3.05, 3.63) is 58.7 Å². The van der Waals surface area contributed by atoms with Crippen LogP contribution < -0.4 is 14.8 Å². The second kappa shape index (κ2) is 6.79. The van der Waals surface area contributed by atoms with Gasteiger partial charge in [-0.2, -0.15) is 0 Å². The van der Waals surface area contributed by atoms with Gasteiger partial charge in [-0.15, -0.1) is 0 Å². The van der Waals surface area contributed by atoms with Crippen LogP contribution in [0.3, 0.4) is 0 Å². The van der Waals surface area contributed by atoms with Gasteiger partial charge in [0.2, 0.25) is 0 Å². The summed E-state index contributed by atoms with van der Waals surface area (Å²) in [5, 5.41) is 3.22. The van der Waals surface area contributed by atoms with Gasteiger partial charge in [0.1, 0.15) is 0 Å². The first-order chi connectivity index (χ1) is 12.2. The molecule has 1 atom stereocenters. The number of rotatable bonds is 2. The molecule has 130 valence electrons. The number of nitrogens with one attached hydrogen (secondary N) is 1. The van der Waals surface area contributed by atoms with E-state index in [2.05, 4.69) is 23.5 Å². The molecule has 4 rings (SSSR count). The molecule has 1 heterocycles. The molecule has 0 radical (unpaired) electrons. The van der Waals surface area contributed by atoms with Gasteiger partial charge in [-0.25, -0.2) is 0 Å². The molecule has 4 heteroatoms. The predicted molar refractivity (Wildman–Crippen MR) is 96.4 cm³/mol. The SMILES string of the molecule is Cc1cc2c(cc1C(=O)N[C@@H]1CCCc3ccccc31)OCCCO2. The molecular weight excluding hydrogens is 314 g/mol. The van der Waals surface area contributed by atoms with Crippen LogP contribution in [0.2, 0.25) is 0 Å². The highest BCUT2D eigenvalue weighted by Crippen LogP contribution is 2.34. The van der Waals surface area contributed by atoms with E-state index in [0.717, 1.165) is 37.0 Å². The third-order valence-corrected chi connectivity index (χ3v) is 5.01. The highest BCUT2D eigenvalue weighted by atomic mass is 16.5. The molecule has 1 aliphatic heterocycles. The van der Waals surface area contributed by atoms with Gasteiger partial charge in [-0.1, -0.05) is 24.3 Å². The molecule has 0 spiro atoms. The minimum absolute atomic E-state index is 0.0464. The van der Waals surface area contributed by atoms with Crippen molar-refractivity contribution < 1.29 is 14.3 Å². The van der Waals surface area contributed by atoms with Crippen LogP contribution in [-0.2, 0) is 6.42 Å². The van der Waals surface area contributed by atoms with E-state index in [4.69, 9.17) is 9.47 Å². The van der Waals surface area contributed by atoms with Crippen molar-refractivity contribution in [3.63, 3.8) is 0 Å². The first-order valence-corrected chi connectivity index (χ1v) is 9.01. The molecule has 0 saturated carbocycles. The summed E-state index contributed by atoms with van der Waals surface area (Å²) in [6.07, 6.45) is 4.02. The van der Waals surface area contributed by atoms with Gasteiger partial charge in [-0.3, -0.25) is 4.79 Å². The first kappa shape index (κ1) is 16.0. The zero-order valence-corrected chi connectivity index (χ0v) is 14.5. The Morgan fingerprint density at radius 1 is 1.08 bits per heavy atom. The predicted octanol–water partition coefficient (Wildman–Crippen LogP) is 3.96. The largest absolute Gasteiger partial charge is 0.490 e. The summed E-state index contributed by atoms with van der Waals surface area (Å²) in [6.45, 7) is 3.21. The van der Waals surface area contributed by atoms with Gasteiger partial charge < -0.3 is 14.8 Å². The van der Waals surface area contributed by atoms with E-state index in [9.17, 15) is 4.79 Å². The summed E-state index contributed by atoms with van der Waals surface area (Å²) in [7, 11) is 0. The smallest absolute Gasteiger partial charge is 0.252 e. The van der Waals surface area contributed by atoms with E-state index in [-0.39, 0.29) is 11.9 Å². The Hall–Kier alpha value is -2.49. The number of ether oxygens (including phenoxy) is 2. The van der Waals surface area contributed by atoms with Gasteiger partial charge >= 0.3 is 0 Å². The zero-order chi connectivity index (χ0) is 17.2. The number of hydrogen-bond acceptors (Lipinski definition) is 3. The van der Waals surface area contributed by atoms with Crippen LogP contribution in [-0.4, -0.2) is 19.1 Å². The molecule has 0 fully saturated rings. The molecule has 2 aliphatic rings. The van der Waals surface area contributed by atoms with Crippen LogP contribution in [0, 0.1) is 6.92 Å². The Bertz CT molecular complexity index is 800. The quantitative estimate of drug-likeness (QED) is 0.902. The average molecular weight is 337 g/mol. The molecule has 25 heavy (non-hydrogen) atoms. The van der Waals surface area contributed by atoms with Crippen molar-refractivity contribution in [2.24, 2.45) is 0 Å². The van der Waals surface area contributed by atoms with E-state index in [1.165, 1.54) is 11.1 Å². The van der Waals surface area contributed by atoms with Crippen molar-refractivity contribution in [1.29, 1.82) is 0 Å². The number of carbonyl (C=O) groups is 1. The topological polar surface area (TPSA) is 47.6 Å². The number of hydrogen-bond donors (Lipinski definition) is 1. The standard InChI is InChI=1S/C21H23NO3/c1-14-12-19-20(25-11-5-10-24-19)13-17(14)21(23)22-18-9-4-7-15-6-2-3-8-16(15)18/h2-3,6,8,12-13,18H,4-5,7,9-11H2,1H3,(H,22,23)/t18-/m1/s1. The Morgan fingerprint density at radius 2 is 1.84 bits per heavy atom. The Labute approximate surface area is 148 Å². The first-order valence-electron chi connectivity index (χ1n) is 9.01.